The van der Waals surface area contributed by atoms with Crippen LogP contribution in [0.4, 0.5) is 11.4 Å². The molecule has 0 radical (unpaired) electrons. The van der Waals surface area contributed by atoms with Crippen LogP contribution in [0.2, 0.25) is 0 Å². The van der Waals surface area contributed by atoms with Crippen molar-refractivity contribution in [1.82, 2.24) is 15.3 Å². The number of nitro benzene ring substituents is 1. The molecule has 1 amide bonds. The molecule has 0 aromatic heterocycles. The monoisotopic (exact) mass is 293 g/mol. The largest absolute Gasteiger partial charge is 0.383 e. The van der Waals surface area contributed by atoms with Crippen molar-refractivity contribution < 1.29 is 9.72 Å². The molecule has 114 valence electrons. The van der Waals surface area contributed by atoms with E-state index in [0.717, 1.165) is 26.2 Å². The molecule has 8 heteroatoms. The Balaban J connectivity index is 2.09. The second-order valence-electron chi connectivity index (χ2n) is 4.97. The molecule has 1 aromatic carbocycles. The molecule has 0 atom stereocenters. The second kappa shape index (κ2) is 6.51. The van der Waals surface area contributed by atoms with E-state index in [4.69, 9.17) is 0 Å². The Morgan fingerprint density at radius 1 is 1.29 bits per heavy atom. The van der Waals surface area contributed by atoms with Gasteiger partial charge in [0.1, 0.15) is 5.69 Å². The first-order valence-corrected chi connectivity index (χ1v) is 6.72. The third-order valence-corrected chi connectivity index (χ3v) is 3.49. The predicted molar refractivity (Wildman–Crippen MR) is 79.2 cm³/mol. The van der Waals surface area contributed by atoms with Crippen LogP contribution in [0.3, 0.4) is 0 Å². The van der Waals surface area contributed by atoms with Gasteiger partial charge in [0.25, 0.3) is 11.6 Å². The van der Waals surface area contributed by atoms with Gasteiger partial charge in [0, 0.05) is 44.9 Å². The molecule has 1 saturated heterocycles. The molecule has 21 heavy (non-hydrogen) atoms. The fraction of sp³-hybridized carbons (Fsp3) is 0.462. The minimum absolute atomic E-state index is 0.108. The first-order valence-electron chi connectivity index (χ1n) is 6.72. The van der Waals surface area contributed by atoms with Crippen molar-refractivity contribution in [2.45, 2.75) is 0 Å². The summed E-state index contributed by atoms with van der Waals surface area (Å²) in [5, 5.41) is 15.6. The van der Waals surface area contributed by atoms with Gasteiger partial charge in [0.05, 0.1) is 4.92 Å². The molecule has 0 saturated carbocycles. The lowest BCUT2D eigenvalue weighted by atomic mass is 10.1. The van der Waals surface area contributed by atoms with E-state index in [-0.39, 0.29) is 17.2 Å². The summed E-state index contributed by atoms with van der Waals surface area (Å²) >= 11 is 0. The number of benzene rings is 1. The van der Waals surface area contributed by atoms with E-state index in [9.17, 15) is 14.9 Å². The summed E-state index contributed by atoms with van der Waals surface area (Å²) in [6, 6.07) is 4.40. The van der Waals surface area contributed by atoms with Crippen LogP contribution in [-0.2, 0) is 0 Å². The number of nitrogens with zero attached hydrogens (tertiary/aromatic N) is 3. The third-order valence-electron chi connectivity index (χ3n) is 3.49. The molecular weight excluding hydrogens is 274 g/mol. The zero-order chi connectivity index (χ0) is 15.4. The lowest BCUT2D eigenvalue weighted by Crippen LogP contribution is -2.52. The fourth-order valence-electron chi connectivity index (χ4n) is 2.16. The van der Waals surface area contributed by atoms with Gasteiger partial charge in [-0.2, -0.15) is 0 Å². The summed E-state index contributed by atoms with van der Waals surface area (Å²) in [5.74, 6) is -0.328. The van der Waals surface area contributed by atoms with E-state index >= 15 is 0 Å². The normalized spacial score (nSPS) is 16.5. The van der Waals surface area contributed by atoms with Crippen LogP contribution in [0, 0.1) is 10.1 Å². The van der Waals surface area contributed by atoms with Crippen LogP contribution in [-0.4, -0.2) is 61.0 Å². The zero-order valence-electron chi connectivity index (χ0n) is 12.1. The molecular formula is C13H19N5O3. The van der Waals surface area contributed by atoms with Crippen molar-refractivity contribution in [3.63, 3.8) is 0 Å². The van der Waals surface area contributed by atoms with Crippen LogP contribution in [0.5, 0.6) is 0 Å². The standard InChI is InChI=1S/C13H19N5O3/c1-14-11-4-3-10(9-12(11)18(20)21)13(19)15-17-7-5-16(2)6-8-17/h3-4,9,14H,5-8H2,1-2H3,(H,15,19). The number of anilines is 1. The van der Waals surface area contributed by atoms with E-state index in [1.165, 1.54) is 12.1 Å². The summed E-state index contributed by atoms with van der Waals surface area (Å²) in [6.07, 6.45) is 0. The molecule has 8 nitrogen and oxygen atoms in total. The average Bonchev–Trinajstić information content (AvgIpc) is 2.48. The number of hydrogen-bond acceptors (Lipinski definition) is 6. The number of likely N-dealkylation sites (N-methyl/N-ethyl adjacent to an activating group) is 1. The van der Waals surface area contributed by atoms with Crippen LogP contribution in [0.1, 0.15) is 10.4 Å². The number of hydrazine groups is 1. The Labute approximate surface area is 122 Å². The molecule has 1 aliphatic heterocycles. The van der Waals surface area contributed by atoms with Crippen molar-refractivity contribution in [3.05, 3.63) is 33.9 Å². The summed E-state index contributed by atoms with van der Waals surface area (Å²) in [5.41, 5.74) is 3.34. The number of nitrogens with one attached hydrogen (secondary N) is 2. The van der Waals surface area contributed by atoms with Gasteiger partial charge in [-0.3, -0.25) is 20.3 Å². The SMILES string of the molecule is CNc1ccc(C(=O)NN2CCN(C)CC2)cc1[N+](=O)[O-]. The molecule has 1 aliphatic rings. The highest BCUT2D eigenvalue weighted by Crippen LogP contribution is 2.24. The maximum Gasteiger partial charge on any atom is 0.293 e. The number of nitro groups is 1. The van der Waals surface area contributed by atoms with Crippen molar-refractivity contribution in [2.75, 3.05) is 45.6 Å². The van der Waals surface area contributed by atoms with Gasteiger partial charge in [-0.05, 0) is 19.2 Å². The number of rotatable bonds is 4. The minimum Gasteiger partial charge on any atom is -0.383 e. The first-order chi connectivity index (χ1) is 10.0. The van der Waals surface area contributed by atoms with Gasteiger partial charge in [-0.1, -0.05) is 0 Å². The summed E-state index contributed by atoms with van der Waals surface area (Å²) < 4.78 is 0. The van der Waals surface area contributed by atoms with Crippen LogP contribution < -0.4 is 10.7 Å². The topological polar surface area (TPSA) is 90.8 Å². The molecule has 1 heterocycles. The summed E-state index contributed by atoms with van der Waals surface area (Å²) in [4.78, 5) is 24.8. The van der Waals surface area contributed by atoms with Gasteiger partial charge >= 0.3 is 0 Å². The number of carbonyl (C=O) groups excluding carboxylic acids is 1. The molecule has 1 fully saturated rings. The number of carbonyl (C=O) groups is 1. The number of piperazine rings is 1. The van der Waals surface area contributed by atoms with Gasteiger partial charge in [0.2, 0.25) is 0 Å². The summed E-state index contributed by atoms with van der Waals surface area (Å²) in [7, 11) is 3.63. The second-order valence-corrected chi connectivity index (χ2v) is 4.97. The quantitative estimate of drug-likeness (QED) is 0.621. The molecule has 0 spiro atoms. The van der Waals surface area contributed by atoms with Crippen molar-refractivity contribution >= 4 is 17.3 Å². The van der Waals surface area contributed by atoms with E-state index in [1.807, 2.05) is 12.1 Å². The van der Waals surface area contributed by atoms with Crippen molar-refractivity contribution in [1.29, 1.82) is 0 Å². The van der Waals surface area contributed by atoms with Gasteiger partial charge in [-0.15, -0.1) is 0 Å². The number of amides is 1. The molecule has 0 bridgehead atoms. The molecule has 2 N–H and O–H groups in total. The Kier molecular flexibility index (Phi) is 4.71. The lowest BCUT2D eigenvalue weighted by molar-refractivity contribution is -0.384. The summed E-state index contributed by atoms with van der Waals surface area (Å²) in [6.45, 7) is 3.22. The Hall–Kier alpha value is -2.19. The Bertz CT molecular complexity index is 541. The van der Waals surface area contributed by atoms with Crippen molar-refractivity contribution in [2.24, 2.45) is 0 Å². The molecule has 1 aromatic rings. The van der Waals surface area contributed by atoms with E-state index in [0.29, 0.717) is 5.69 Å². The van der Waals surface area contributed by atoms with Crippen molar-refractivity contribution in [3.8, 4) is 0 Å². The zero-order valence-corrected chi connectivity index (χ0v) is 12.1. The van der Waals surface area contributed by atoms with Crippen LogP contribution >= 0.6 is 0 Å². The van der Waals surface area contributed by atoms with E-state index in [1.54, 1.807) is 13.1 Å². The number of hydrogen-bond donors (Lipinski definition) is 2. The first kappa shape index (κ1) is 15.2. The van der Waals surface area contributed by atoms with Gasteiger partial charge in [-0.25, -0.2) is 5.01 Å². The maximum absolute atomic E-state index is 12.2. The molecule has 0 unspecified atom stereocenters. The van der Waals surface area contributed by atoms with E-state index < -0.39 is 4.92 Å². The third kappa shape index (κ3) is 3.67. The molecule has 0 aliphatic carbocycles. The van der Waals surface area contributed by atoms with Gasteiger partial charge in [0.15, 0.2) is 0 Å². The van der Waals surface area contributed by atoms with Crippen LogP contribution in [0.15, 0.2) is 18.2 Å². The Morgan fingerprint density at radius 2 is 1.95 bits per heavy atom. The highest BCUT2D eigenvalue weighted by Gasteiger charge is 2.20. The maximum atomic E-state index is 12.2. The smallest absolute Gasteiger partial charge is 0.293 e. The van der Waals surface area contributed by atoms with Crippen LogP contribution in [0.25, 0.3) is 0 Å². The Morgan fingerprint density at radius 3 is 2.52 bits per heavy atom. The highest BCUT2D eigenvalue weighted by atomic mass is 16.6. The predicted octanol–water partition coefficient (Wildman–Crippen LogP) is 0.529. The molecule has 2 rings (SSSR count). The minimum atomic E-state index is -0.502. The lowest BCUT2D eigenvalue weighted by Gasteiger charge is -2.32. The van der Waals surface area contributed by atoms with E-state index in [2.05, 4.69) is 15.6 Å². The average molecular weight is 293 g/mol. The fourth-order valence-corrected chi connectivity index (χ4v) is 2.16. The van der Waals surface area contributed by atoms with Gasteiger partial charge < -0.3 is 10.2 Å². The highest BCUT2D eigenvalue weighted by molar-refractivity contribution is 5.95.